The van der Waals surface area contributed by atoms with E-state index in [1.165, 1.54) is 5.56 Å². The van der Waals surface area contributed by atoms with E-state index in [1.807, 2.05) is 54.6 Å². The number of H-pyrrole nitrogens is 1. The molecule has 4 aromatic rings. The van der Waals surface area contributed by atoms with Crippen molar-refractivity contribution in [2.75, 3.05) is 40.4 Å². The van der Waals surface area contributed by atoms with Crippen LogP contribution in [-0.2, 0) is 6.54 Å². The maximum atomic E-state index is 11.0. The predicted octanol–water partition coefficient (Wildman–Crippen LogP) is 4.47. The molecule has 35 heavy (non-hydrogen) atoms. The lowest BCUT2D eigenvalue weighted by atomic mass is 10.0. The minimum atomic E-state index is 0.0493. The van der Waals surface area contributed by atoms with Gasteiger partial charge in [-0.1, -0.05) is 42.5 Å². The Kier molecular flexibility index (Phi) is 6.70. The standard InChI is InChI=1S/C28H30N4O3/c1-34-24-16-22-23(17-25(24)35-2)31-28(33)26(22)27(20-6-4-3-5-7-20)30-21-10-8-19(9-11-21)18-32-14-12-29-13-15-32/h3-11,16-17,29,31,33H,12-15,18H2,1-2H3. The summed E-state index contributed by atoms with van der Waals surface area (Å²) in [6.07, 6.45) is 0. The molecule has 0 amide bonds. The van der Waals surface area contributed by atoms with Crippen LogP contribution in [0.25, 0.3) is 10.9 Å². The smallest absolute Gasteiger partial charge is 0.199 e. The summed E-state index contributed by atoms with van der Waals surface area (Å²) >= 11 is 0. The number of rotatable bonds is 7. The fourth-order valence-electron chi connectivity index (χ4n) is 4.54. The van der Waals surface area contributed by atoms with Crippen molar-refractivity contribution >= 4 is 22.3 Å². The predicted molar refractivity (Wildman–Crippen MR) is 139 cm³/mol. The van der Waals surface area contributed by atoms with Crippen molar-refractivity contribution in [3.63, 3.8) is 0 Å². The lowest BCUT2D eigenvalue weighted by Crippen LogP contribution is -2.42. The topological polar surface area (TPSA) is 82.1 Å². The van der Waals surface area contributed by atoms with Crippen LogP contribution in [-0.4, -0.2) is 61.1 Å². The van der Waals surface area contributed by atoms with Gasteiger partial charge in [0.15, 0.2) is 17.4 Å². The Hall–Kier alpha value is -3.81. The zero-order valence-electron chi connectivity index (χ0n) is 20.0. The monoisotopic (exact) mass is 470 g/mol. The van der Waals surface area contributed by atoms with Crippen LogP contribution in [0.15, 0.2) is 71.7 Å². The first-order valence-electron chi connectivity index (χ1n) is 11.8. The zero-order chi connectivity index (χ0) is 24.2. The number of piperazine rings is 1. The van der Waals surface area contributed by atoms with Gasteiger partial charge in [0.25, 0.3) is 0 Å². The number of aliphatic imine (C=N–C) groups is 1. The van der Waals surface area contributed by atoms with Gasteiger partial charge in [0.05, 0.1) is 36.7 Å². The molecule has 7 heteroatoms. The van der Waals surface area contributed by atoms with Crippen LogP contribution in [0.2, 0.25) is 0 Å². The van der Waals surface area contributed by atoms with Crippen LogP contribution < -0.4 is 14.8 Å². The average molecular weight is 471 g/mol. The molecule has 0 aliphatic carbocycles. The number of hydrogen-bond acceptors (Lipinski definition) is 6. The molecular formula is C28H30N4O3. The molecule has 5 rings (SSSR count). The summed E-state index contributed by atoms with van der Waals surface area (Å²) in [6, 6.07) is 21.9. The molecule has 1 fully saturated rings. The number of aromatic amines is 1. The number of hydrogen-bond donors (Lipinski definition) is 3. The van der Waals surface area contributed by atoms with E-state index in [2.05, 4.69) is 27.3 Å². The molecule has 0 spiro atoms. The molecule has 0 bridgehead atoms. The quantitative estimate of drug-likeness (QED) is 0.347. The molecule has 1 aliphatic heterocycles. The van der Waals surface area contributed by atoms with Gasteiger partial charge in [-0.25, -0.2) is 4.99 Å². The fourth-order valence-corrected chi connectivity index (χ4v) is 4.54. The second-order valence-electron chi connectivity index (χ2n) is 8.62. The second-order valence-corrected chi connectivity index (χ2v) is 8.62. The molecule has 0 atom stereocenters. The Labute approximate surface area is 205 Å². The first kappa shape index (κ1) is 23.0. The van der Waals surface area contributed by atoms with Crippen LogP contribution in [0.1, 0.15) is 16.7 Å². The molecule has 0 saturated carbocycles. The molecule has 1 aliphatic rings. The lowest BCUT2D eigenvalue weighted by Gasteiger charge is -2.27. The number of nitrogens with one attached hydrogen (secondary N) is 2. The number of nitrogens with zero attached hydrogens (tertiary/aromatic N) is 2. The number of aromatic nitrogens is 1. The van der Waals surface area contributed by atoms with Gasteiger partial charge >= 0.3 is 0 Å². The summed E-state index contributed by atoms with van der Waals surface area (Å²) in [5.74, 6) is 1.23. The molecule has 7 nitrogen and oxygen atoms in total. The number of aromatic hydroxyl groups is 1. The van der Waals surface area contributed by atoms with E-state index in [0.29, 0.717) is 22.8 Å². The molecule has 0 unspecified atom stereocenters. The van der Waals surface area contributed by atoms with Crippen LogP contribution in [0, 0.1) is 0 Å². The van der Waals surface area contributed by atoms with Gasteiger partial charge in [-0.3, -0.25) is 4.90 Å². The van der Waals surface area contributed by atoms with E-state index in [-0.39, 0.29) is 5.88 Å². The SMILES string of the molecule is COc1cc2[nH]c(O)c(C(=Nc3ccc(CN4CCNCC4)cc3)c3ccccc3)c2cc1OC. The molecule has 0 radical (unpaired) electrons. The maximum absolute atomic E-state index is 11.0. The Bertz CT molecular complexity index is 1320. The third-order valence-corrected chi connectivity index (χ3v) is 6.36. The maximum Gasteiger partial charge on any atom is 0.199 e. The number of methoxy groups -OCH3 is 2. The van der Waals surface area contributed by atoms with E-state index < -0.39 is 0 Å². The molecule has 2 heterocycles. The van der Waals surface area contributed by atoms with Crippen LogP contribution in [0.5, 0.6) is 17.4 Å². The van der Waals surface area contributed by atoms with Crippen molar-refractivity contribution in [3.8, 4) is 17.4 Å². The summed E-state index contributed by atoms with van der Waals surface area (Å²) < 4.78 is 11.0. The zero-order valence-corrected chi connectivity index (χ0v) is 20.0. The van der Waals surface area contributed by atoms with Crippen LogP contribution >= 0.6 is 0 Å². The second kappa shape index (κ2) is 10.2. The van der Waals surface area contributed by atoms with Crippen LogP contribution in [0.3, 0.4) is 0 Å². The molecule has 180 valence electrons. The van der Waals surface area contributed by atoms with Crippen LogP contribution in [0.4, 0.5) is 5.69 Å². The van der Waals surface area contributed by atoms with E-state index in [0.717, 1.165) is 54.9 Å². The molecule has 3 aromatic carbocycles. The first-order valence-corrected chi connectivity index (χ1v) is 11.8. The van der Waals surface area contributed by atoms with Crippen molar-refractivity contribution in [1.82, 2.24) is 15.2 Å². The third-order valence-electron chi connectivity index (χ3n) is 6.36. The van der Waals surface area contributed by atoms with E-state index >= 15 is 0 Å². The lowest BCUT2D eigenvalue weighted by molar-refractivity contribution is 0.233. The van der Waals surface area contributed by atoms with Crippen molar-refractivity contribution in [2.24, 2.45) is 4.99 Å². The van der Waals surface area contributed by atoms with Gasteiger partial charge in [0, 0.05) is 49.7 Å². The summed E-state index contributed by atoms with van der Waals surface area (Å²) in [6.45, 7) is 5.13. The normalized spacial score (nSPS) is 14.9. The third kappa shape index (κ3) is 4.87. The van der Waals surface area contributed by atoms with Crippen molar-refractivity contribution < 1.29 is 14.6 Å². The summed E-state index contributed by atoms with van der Waals surface area (Å²) in [4.78, 5) is 10.5. The van der Waals surface area contributed by atoms with Gasteiger partial charge in [0.2, 0.25) is 0 Å². The van der Waals surface area contributed by atoms with Gasteiger partial charge < -0.3 is 24.9 Å². The number of fused-ring (bicyclic) bond motifs is 1. The van der Waals surface area contributed by atoms with Gasteiger partial charge in [-0.05, 0) is 23.8 Å². The Balaban J connectivity index is 1.56. The Morgan fingerprint density at radius 1 is 0.943 bits per heavy atom. The van der Waals surface area contributed by atoms with E-state index in [1.54, 1.807) is 14.2 Å². The Morgan fingerprint density at radius 2 is 1.63 bits per heavy atom. The molecular weight excluding hydrogens is 440 g/mol. The summed E-state index contributed by atoms with van der Waals surface area (Å²) in [5, 5.41) is 15.2. The highest BCUT2D eigenvalue weighted by Gasteiger charge is 2.21. The molecule has 1 aromatic heterocycles. The van der Waals surface area contributed by atoms with Crippen molar-refractivity contribution in [3.05, 3.63) is 83.4 Å². The Morgan fingerprint density at radius 3 is 2.31 bits per heavy atom. The number of ether oxygens (including phenoxy) is 2. The van der Waals surface area contributed by atoms with Gasteiger partial charge in [0.1, 0.15) is 0 Å². The minimum absolute atomic E-state index is 0.0493. The molecule has 3 N–H and O–H groups in total. The fraction of sp³-hybridized carbons (Fsp3) is 0.250. The first-order chi connectivity index (χ1) is 17.2. The number of benzene rings is 3. The minimum Gasteiger partial charge on any atom is -0.494 e. The average Bonchev–Trinajstić information content (AvgIpc) is 3.22. The van der Waals surface area contributed by atoms with Gasteiger partial charge in [-0.15, -0.1) is 0 Å². The van der Waals surface area contributed by atoms with E-state index in [4.69, 9.17) is 14.5 Å². The summed E-state index contributed by atoms with van der Waals surface area (Å²) in [5.41, 5.74) is 5.03. The largest absolute Gasteiger partial charge is 0.494 e. The highest BCUT2D eigenvalue weighted by atomic mass is 16.5. The summed E-state index contributed by atoms with van der Waals surface area (Å²) in [7, 11) is 3.19. The van der Waals surface area contributed by atoms with E-state index in [9.17, 15) is 5.11 Å². The highest BCUT2D eigenvalue weighted by molar-refractivity contribution is 6.22. The van der Waals surface area contributed by atoms with Gasteiger partial charge in [-0.2, -0.15) is 0 Å². The van der Waals surface area contributed by atoms with Crippen molar-refractivity contribution in [1.29, 1.82) is 0 Å². The highest BCUT2D eigenvalue weighted by Crippen LogP contribution is 2.38. The van der Waals surface area contributed by atoms with Crippen molar-refractivity contribution in [2.45, 2.75) is 6.54 Å². The molecule has 1 saturated heterocycles.